The van der Waals surface area contributed by atoms with E-state index in [9.17, 15) is 0 Å². The van der Waals surface area contributed by atoms with Gasteiger partial charge in [-0.15, -0.1) is 0 Å². The molecule has 132 valence electrons. The molecule has 0 radical (unpaired) electrons. The maximum Gasteiger partial charge on any atom is 0.225 e. The Balaban J connectivity index is 1.35. The van der Waals surface area contributed by atoms with Crippen molar-refractivity contribution in [2.24, 2.45) is 0 Å². The molecule has 0 atom stereocenters. The molecule has 3 aromatic rings. The minimum Gasteiger partial charge on any atom is -0.382 e. The van der Waals surface area contributed by atoms with Gasteiger partial charge < -0.3 is 10.2 Å². The van der Waals surface area contributed by atoms with E-state index in [-0.39, 0.29) is 0 Å². The standard InChI is InChI=1S/C21H21ClN4/c22-18-4-1-3-17(15-18)16-5-7-19(8-6-16)25-20-9-13-26(14-10-20)21-23-11-2-12-24-21/h1-8,11-12,15,20,25H,9-10,13-14H2. The first-order valence-corrected chi connectivity index (χ1v) is 9.30. The molecule has 26 heavy (non-hydrogen) atoms. The fourth-order valence-electron chi connectivity index (χ4n) is 3.34. The number of anilines is 2. The summed E-state index contributed by atoms with van der Waals surface area (Å²) in [7, 11) is 0. The molecule has 2 aromatic carbocycles. The average molecular weight is 365 g/mol. The number of nitrogens with one attached hydrogen (secondary N) is 1. The van der Waals surface area contributed by atoms with Crippen LogP contribution in [-0.4, -0.2) is 29.1 Å². The second-order valence-electron chi connectivity index (χ2n) is 6.54. The third kappa shape index (κ3) is 3.97. The topological polar surface area (TPSA) is 41.0 Å². The van der Waals surface area contributed by atoms with E-state index < -0.39 is 0 Å². The summed E-state index contributed by atoms with van der Waals surface area (Å²) in [6, 6.07) is 18.8. The van der Waals surface area contributed by atoms with Crippen molar-refractivity contribution in [3.8, 4) is 11.1 Å². The highest BCUT2D eigenvalue weighted by Gasteiger charge is 2.20. The van der Waals surface area contributed by atoms with Crippen molar-refractivity contribution in [3.63, 3.8) is 0 Å². The molecule has 0 aliphatic carbocycles. The zero-order valence-electron chi connectivity index (χ0n) is 14.5. The normalized spacial score (nSPS) is 15.0. The Morgan fingerprint density at radius 1 is 0.885 bits per heavy atom. The average Bonchev–Trinajstić information content (AvgIpc) is 2.70. The second kappa shape index (κ2) is 7.75. The van der Waals surface area contributed by atoms with Gasteiger partial charge in [-0.05, 0) is 54.3 Å². The largest absolute Gasteiger partial charge is 0.382 e. The zero-order valence-corrected chi connectivity index (χ0v) is 15.2. The first-order valence-electron chi connectivity index (χ1n) is 8.92. The van der Waals surface area contributed by atoms with Crippen LogP contribution in [0.3, 0.4) is 0 Å². The number of piperidine rings is 1. The summed E-state index contributed by atoms with van der Waals surface area (Å²) >= 11 is 6.09. The maximum atomic E-state index is 6.09. The van der Waals surface area contributed by atoms with E-state index in [1.165, 1.54) is 5.56 Å². The van der Waals surface area contributed by atoms with Crippen LogP contribution in [0.4, 0.5) is 11.6 Å². The summed E-state index contributed by atoms with van der Waals surface area (Å²) in [6.45, 7) is 1.95. The van der Waals surface area contributed by atoms with Gasteiger partial charge in [0.1, 0.15) is 0 Å². The van der Waals surface area contributed by atoms with Crippen LogP contribution in [0.2, 0.25) is 5.02 Å². The summed E-state index contributed by atoms with van der Waals surface area (Å²) in [5.41, 5.74) is 3.47. The minimum atomic E-state index is 0.479. The number of rotatable bonds is 4. The first kappa shape index (κ1) is 16.9. The van der Waals surface area contributed by atoms with Crippen LogP contribution in [0, 0.1) is 0 Å². The van der Waals surface area contributed by atoms with Gasteiger partial charge in [-0.25, -0.2) is 9.97 Å². The Labute approximate surface area is 158 Å². The fraction of sp³-hybridized carbons (Fsp3) is 0.238. The Kier molecular flexibility index (Phi) is 5.02. The van der Waals surface area contributed by atoms with E-state index in [4.69, 9.17) is 11.6 Å². The van der Waals surface area contributed by atoms with Crippen LogP contribution in [0.15, 0.2) is 67.0 Å². The lowest BCUT2D eigenvalue weighted by Crippen LogP contribution is -2.39. The molecule has 1 fully saturated rings. The number of hydrogen-bond donors (Lipinski definition) is 1. The maximum absolute atomic E-state index is 6.09. The molecule has 1 N–H and O–H groups in total. The summed E-state index contributed by atoms with van der Waals surface area (Å²) in [5, 5.41) is 4.41. The summed E-state index contributed by atoms with van der Waals surface area (Å²) in [5.74, 6) is 0.830. The van der Waals surface area contributed by atoms with Crippen LogP contribution < -0.4 is 10.2 Å². The summed E-state index contributed by atoms with van der Waals surface area (Å²) < 4.78 is 0. The zero-order chi connectivity index (χ0) is 17.8. The van der Waals surface area contributed by atoms with Crippen molar-refractivity contribution in [2.45, 2.75) is 18.9 Å². The van der Waals surface area contributed by atoms with E-state index in [0.717, 1.165) is 48.2 Å². The van der Waals surface area contributed by atoms with E-state index in [1.807, 2.05) is 24.3 Å². The predicted octanol–water partition coefficient (Wildman–Crippen LogP) is 4.88. The number of benzene rings is 2. The smallest absolute Gasteiger partial charge is 0.225 e. The van der Waals surface area contributed by atoms with Gasteiger partial charge in [0, 0.05) is 42.2 Å². The van der Waals surface area contributed by atoms with Gasteiger partial charge in [0.25, 0.3) is 0 Å². The van der Waals surface area contributed by atoms with Gasteiger partial charge in [0.2, 0.25) is 5.95 Å². The highest BCUT2D eigenvalue weighted by atomic mass is 35.5. The second-order valence-corrected chi connectivity index (χ2v) is 6.98. The molecule has 0 saturated carbocycles. The number of hydrogen-bond acceptors (Lipinski definition) is 4. The van der Waals surface area contributed by atoms with Gasteiger partial charge >= 0.3 is 0 Å². The fourth-order valence-corrected chi connectivity index (χ4v) is 3.53. The summed E-state index contributed by atoms with van der Waals surface area (Å²) in [4.78, 5) is 10.9. The molecule has 5 heteroatoms. The molecule has 0 unspecified atom stereocenters. The molecule has 2 heterocycles. The molecule has 4 rings (SSSR count). The van der Waals surface area contributed by atoms with Crippen molar-refractivity contribution in [1.29, 1.82) is 0 Å². The third-order valence-electron chi connectivity index (χ3n) is 4.74. The van der Waals surface area contributed by atoms with E-state index in [1.54, 1.807) is 12.4 Å². The molecule has 0 spiro atoms. The molecule has 0 amide bonds. The van der Waals surface area contributed by atoms with Crippen LogP contribution >= 0.6 is 11.6 Å². The highest BCUT2D eigenvalue weighted by Crippen LogP contribution is 2.25. The van der Waals surface area contributed by atoms with Gasteiger partial charge in [-0.2, -0.15) is 0 Å². The Bertz CT molecular complexity index is 843. The molecular formula is C21H21ClN4. The van der Waals surface area contributed by atoms with Gasteiger partial charge in [-0.3, -0.25) is 0 Å². The Hall–Kier alpha value is -2.59. The van der Waals surface area contributed by atoms with Crippen LogP contribution in [0.1, 0.15) is 12.8 Å². The van der Waals surface area contributed by atoms with Crippen LogP contribution in [-0.2, 0) is 0 Å². The van der Waals surface area contributed by atoms with Crippen molar-refractivity contribution in [1.82, 2.24) is 9.97 Å². The quantitative estimate of drug-likeness (QED) is 0.716. The minimum absolute atomic E-state index is 0.479. The van der Waals surface area contributed by atoms with Crippen molar-refractivity contribution >= 4 is 23.2 Å². The monoisotopic (exact) mass is 364 g/mol. The van der Waals surface area contributed by atoms with Gasteiger partial charge in [0.05, 0.1) is 0 Å². The predicted molar refractivity (Wildman–Crippen MR) is 108 cm³/mol. The number of nitrogens with zero attached hydrogens (tertiary/aromatic N) is 3. The lowest BCUT2D eigenvalue weighted by atomic mass is 10.0. The molecule has 1 aliphatic rings. The molecule has 1 saturated heterocycles. The lowest BCUT2D eigenvalue weighted by Gasteiger charge is -2.32. The van der Waals surface area contributed by atoms with Gasteiger partial charge in [-0.1, -0.05) is 35.9 Å². The number of aromatic nitrogens is 2. The molecular weight excluding hydrogens is 344 g/mol. The lowest BCUT2D eigenvalue weighted by molar-refractivity contribution is 0.520. The Morgan fingerprint density at radius 2 is 1.62 bits per heavy atom. The van der Waals surface area contributed by atoms with E-state index in [0.29, 0.717) is 6.04 Å². The molecule has 1 aromatic heterocycles. The molecule has 1 aliphatic heterocycles. The van der Waals surface area contributed by atoms with Crippen molar-refractivity contribution in [2.75, 3.05) is 23.3 Å². The van der Waals surface area contributed by atoms with E-state index >= 15 is 0 Å². The first-order chi connectivity index (χ1) is 12.8. The van der Waals surface area contributed by atoms with E-state index in [2.05, 4.69) is 50.5 Å². The SMILES string of the molecule is Clc1cccc(-c2ccc(NC3CCN(c4ncccn4)CC3)cc2)c1. The van der Waals surface area contributed by atoms with Gasteiger partial charge in [0.15, 0.2) is 0 Å². The Morgan fingerprint density at radius 3 is 2.31 bits per heavy atom. The van der Waals surface area contributed by atoms with Crippen LogP contribution in [0.25, 0.3) is 11.1 Å². The third-order valence-corrected chi connectivity index (χ3v) is 4.98. The highest BCUT2D eigenvalue weighted by molar-refractivity contribution is 6.30. The number of halogens is 1. The summed E-state index contributed by atoms with van der Waals surface area (Å²) in [6.07, 6.45) is 5.75. The molecule has 4 nitrogen and oxygen atoms in total. The molecule has 0 bridgehead atoms. The van der Waals surface area contributed by atoms with Crippen molar-refractivity contribution in [3.05, 3.63) is 72.0 Å². The van der Waals surface area contributed by atoms with Crippen molar-refractivity contribution < 1.29 is 0 Å². The van der Waals surface area contributed by atoms with Crippen LogP contribution in [0.5, 0.6) is 0 Å².